The van der Waals surface area contributed by atoms with E-state index in [1.54, 1.807) is 28.8 Å². The summed E-state index contributed by atoms with van der Waals surface area (Å²) >= 11 is 0. The number of carbonyl (C=O) groups excluding carboxylic acids is 2. The molecule has 0 atom stereocenters. The van der Waals surface area contributed by atoms with Gasteiger partial charge in [-0.2, -0.15) is 5.10 Å². The van der Waals surface area contributed by atoms with Crippen molar-refractivity contribution in [1.82, 2.24) is 14.6 Å². The number of nitrogens with two attached hydrogens (primary N) is 1. The maximum absolute atomic E-state index is 13.9. The van der Waals surface area contributed by atoms with Crippen molar-refractivity contribution in [1.29, 1.82) is 0 Å². The van der Waals surface area contributed by atoms with Crippen LogP contribution in [0.25, 0.3) is 16.6 Å². The van der Waals surface area contributed by atoms with E-state index in [-0.39, 0.29) is 5.69 Å². The van der Waals surface area contributed by atoms with Crippen molar-refractivity contribution in [2.45, 2.75) is 19.8 Å². The van der Waals surface area contributed by atoms with Gasteiger partial charge in [-0.3, -0.25) is 0 Å². The Bertz CT molecular complexity index is 1300. The largest absolute Gasteiger partial charge is 0.382 e. The molecule has 0 aliphatic rings. The van der Waals surface area contributed by atoms with Crippen molar-refractivity contribution in [3.63, 3.8) is 0 Å². The second kappa shape index (κ2) is 8.84. The van der Waals surface area contributed by atoms with E-state index in [2.05, 4.69) is 20.7 Å². The number of anilines is 3. The Morgan fingerprint density at radius 3 is 2.72 bits per heavy atom. The lowest BCUT2D eigenvalue weighted by molar-refractivity contribution is -0.107. The Kier molecular flexibility index (Phi) is 5.80. The average molecular weight is 432 g/mol. The molecule has 4 rings (SSSR count). The molecule has 0 radical (unpaired) electrons. The van der Waals surface area contributed by atoms with Crippen LogP contribution in [-0.4, -0.2) is 26.9 Å². The number of hydrogen-bond acceptors (Lipinski definition) is 5. The lowest BCUT2D eigenvalue weighted by atomic mass is 9.99. The molecule has 0 unspecified atom stereocenters. The summed E-state index contributed by atoms with van der Waals surface area (Å²) in [6.07, 6.45) is 4.98. The zero-order chi connectivity index (χ0) is 22.7. The number of nitrogen functional groups attached to an aromatic ring is 1. The fraction of sp³-hybridized carbons (Fsp3) is 0.130. The maximum atomic E-state index is 13.9. The summed E-state index contributed by atoms with van der Waals surface area (Å²) in [6, 6.07) is 11.1. The molecule has 0 aliphatic carbocycles. The molecule has 4 N–H and O–H groups in total. The summed E-state index contributed by atoms with van der Waals surface area (Å²) in [7, 11) is 0. The fourth-order valence-electron chi connectivity index (χ4n) is 3.55. The molecule has 32 heavy (non-hydrogen) atoms. The van der Waals surface area contributed by atoms with E-state index >= 15 is 0 Å². The van der Waals surface area contributed by atoms with Crippen LogP contribution in [0, 0.1) is 12.7 Å². The predicted octanol–water partition coefficient (Wildman–Crippen LogP) is 4.20. The third-order valence-electron chi connectivity index (χ3n) is 5.01. The van der Waals surface area contributed by atoms with Crippen LogP contribution in [0.15, 0.2) is 55.0 Å². The zero-order valence-corrected chi connectivity index (χ0v) is 17.3. The van der Waals surface area contributed by atoms with Gasteiger partial charge in [0.1, 0.15) is 23.9 Å². The van der Waals surface area contributed by atoms with E-state index < -0.39 is 11.8 Å². The number of carbonyl (C=O) groups is 2. The van der Waals surface area contributed by atoms with Crippen LogP contribution >= 0.6 is 0 Å². The van der Waals surface area contributed by atoms with Gasteiger partial charge in [0.2, 0.25) is 0 Å². The fourth-order valence-corrected chi connectivity index (χ4v) is 3.55. The number of hydrogen-bond donors (Lipinski definition) is 3. The van der Waals surface area contributed by atoms with Crippen LogP contribution in [0.4, 0.5) is 26.4 Å². The number of halogens is 1. The maximum Gasteiger partial charge on any atom is 0.323 e. The number of aldehydes is 1. The quantitative estimate of drug-likeness (QED) is 0.395. The molecule has 2 aromatic heterocycles. The predicted molar refractivity (Wildman–Crippen MR) is 121 cm³/mol. The van der Waals surface area contributed by atoms with E-state index in [1.807, 2.05) is 25.3 Å². The first-order chi connectivity index (χ1) is 15.5. The number of rotatable bonds is 6. The SMILES string of the molecule is Cc1ccc(F)c(NC(=O)Nc2ccc(-c3c(CCC=O)cn4ncnc(N)c34)cc2)c1. The first-order valence-corrected chi connectivity index (χ1v) is 9.95. The second-order valence-corrected chi connectivity index (χ2v) is 7.31. The Labute approximate surface area is 183 Å². The molecular formula is C23H21FN6O2. The molecule has 9 heteroatoms. The van der Waals surface area contributed by atoms with Crippen molar-refractivity contribution >= 4 is 35.0 Å². The number of aryl methyl sites for hydroxylation is 2. The molecule has 0 saturated carbocycles. The first-order valence-electron chi connectivity index (χ1n) is 9.95. The lowest BCUT2D eigenvalue weighted by Gasteiger charge is -2.10. The van der Waals surface area contributed by atoms with Crippen LogP contribution in [0.1, 0.15) is 17.5 Å². The number of aromatic nitrogens is 3. The van der Waals surface area contributed by atoms with Gasteiger partial charge in [-0.15, -0.1) is 0 Å². The minimum atomic E-state index is -0.555. The Hall–Kier alpha value is -4.27. The Morgan fingerprint density at radius 1 is 1.19 bits per heavy atom. The summed E-state index contributed by atoms with van der Waals surface area (Å²) < 4.78 is 15.5. The zero-order valence-electron chi connectivity index (χ0n) is 17.3. The summed E-state index contributed by atoms with van der Waals surface area (Å²) in [5, 5.41) is 9.41. The first kappa shape index (κ1) is 21.0. The molecule has 162 valence electrons. The third-order valence-corrected chi connectivity index (χ3v) is 5.01. The molecule has 2 aromatic carbocycles. The van der Waals surface area contributed by atoms with E-state index in [9.17, 15) is 14.0 Å². The molecule has 8 nitrogen and oxygen atoms in total. The van der Waals surface area contributed by atoms with E-state index in [0.29, 0.717) is 29.9 Å². The Balaban J connectivity index is 1.59. The average Bonchev–Trinajstić information content (AvgIpc) is 3.15. The lowest BCUT2D eigenvalue weighted by Crippen LogP contribution is -2.20. The van der Waals surface area contributed by atoms with Crippen molar-refractivity contribution in [3.05, 3.63) is 71.9 Å². The van der Waals surface area contributed by atoms with Crippen molar-refractivity contribution in [2.75, 3.05) is 16.4 Å². The molecule has 2 heterocycles. The van der Waals surface area contributed by atoms with Crippen LogP contribution in [0.3, 0.4) is 0 Å². The molecule has 0 saturated heterocycles. The standard InChI is InChI=1S/C23H21FN6O2/c1-14-4-9-18(24)19(11-14)29-23(32)28-17-7-5-15(6-8-17)20-16(3-2-10-31)12-30-21(20)22(25)26-13-27-30/h4-13H,2-3H2,1H3,(H2,25,26,27)(H2,28,29,32). The Morgan fingerprint density at radius 2 is 1.97 bits per heavy atom. The number of amides is 2. The smallest absolute Gasteiger partial charge is 0.323 e. The van der Waals surface area contributed by atoms with Gasteiger partial charge >= 0.3 is 6.03 Å². The van der Waals surface area contributed by atoms with Gasteiger partial charge in [0.15, 0.2) is 5.82 Å². The topological polar surface area (TPSA) is 114 Å². The van der Waals surface area contributed by atoms with Crippen molar-refractivity contribution in [3.8, 4) is 11.1 Å². The van der Waals surface area contributed by atoms with Crippen LogP contribution in [-0.2, 0) is 11.2 Å². The highest BCUT2D eigenvalue weighted by Crippen LogP contribution is 2.33. The van der Waals surface area contributed by atoms with Gasteiger partial charge in [0.25, 0.3) is 0 Å². The van der Waals surface area contributed by atoms with Gasteiger partial charge in [0.05, 0.1) is 5.69 Å². The van der Waals surface area contributed by atoms with E-state index in [1.165, 1.54) is 12.4 Å². The summed E-state index contributed by atoms with van der Waals surface area (Å²) in [5.41, 5.74) is 10.8. The number of fused-ring (bicyclic) bond motifs is 1. The van der Waals surface area contributed by atoms with E-state index in [0.717, 1.165) is 28.5 Å². The molecule has 4 aromatic rings. The number of nitrogens with one attached hydrogen (secondary N) is 2. The summed E-state index contributed by atoms with van der Waals surface area (Å²) in [5.74, 6) is -0.182. The number of urea groups is 1. The second-order valence-electron chi connectivity index (χ2n) is 7.31. The monoisotopic (exact) mass is 432 g/mol. The van der Waals surface area contributed by atoms with Gasteiger partial charge in [-0.1, -0.05) is 18.2 Å². The molecule has 0 aliphatic heterocycles. The summed E-state index contributed by atoms with van der Waals surface area (Å²) in [6.45, 7) is 1.81. The summed E-state index contributed by atoms with van der Waals surface area (Å²) in [4.78, 5) is 27.3. The van der Waals surface area contributed by atoms with Crippen LogP contribution in [0.2, 0.25) is 0 Å². The highest BCUT2D eigenvalue weighted by atomic mass is 19.1. The third kappa shape index (κ3) is 4.27. The molecular weight excluding hydrogens is 411 g/mol. The number of nitrogens with zero attached hydrogens (tertiary/aromatic N) is 3. The van der Waals surface area contributed by atoms with Crippen molar-refractivity contribution in [2.24, 2.45) is 0 Å². The van der Waals surface area contributed by atoms with Crippen LogP contribution in [0.5, 0.6) is 0 Å². The molecule has 0 fully saturated rings. The van der Waals surface area contributed by atoms with Gasteiger partial charge in [-0.05, 0) is 54.3 Å². The normalized spacial score (nSPS) is 10.8. The number of benzene rings is 2. The van der Waals surface area contributed by atoms with Crippen molar-refractivity contribution < 1.29 is 14.0 Å². The van der Waals surface area contributed by atoms with Crippen LogP contribution < -0.4 is 16.4 Å². The highest BCUT2D eigenvalue weighted by Gasteiger charge is 2.16. The highest BCUT2D eigenvalue weighted by molar-refractivity contribution is 6.00. The van der Waals surface area contributed by atoms with E-state index in [4.69, 9.17) is 5.73 Å². The van der Waals surface area contributed by atoms with Gasteiger partial charge in [0, 0.05) is 23.9 Å². The minimum absolute atomic E-state index is 0.106. The van der Waals surface area contributed by atoms with Gasteiger partial charge in [-0.25, -0.2) is 18.7 Å². The minimum Gasteiger partial charge on any atom is -0.382 e. The molecule has 0 spiro atoms. The van der Waals surface area contributed by atoms with Gasteiger partial charge < -0.3 is 21.2 Å². The molecule has 0 bridgehead atoms. The molecule has 2 amide bonds.